The van der Waals surface area contributed by atoms with Crippen molar-refractivity contribution in [3.05, 3.63) is 168 Å². The molecule has 0 bridgehead atoms. The Morgan fingerprint density at radius 2 is 1.10 bits per heavy atom. The molecule has 0 radical (unpaired) electrons. The Morgan fingerprint density at radius 3 is 1.63 bits per heavy atom. The van der Waals surface area contributed by atoms with E-state index in [-0.39, 0.29) is 12.2 Å². The predicted molar refractivity (Wildman–Crippen MR) is 204 cm³/mol. The summed E-state index contributed by atoms with van der Waals surface area (Å²) in [7, 11) is 0. The zero-order chi connectivity index (χ0) is 34.0. The van der Waals surface area contributed by atoms with Crippen LogP contribution in [0.2, 0.25) is 0 Å². The molecule has 0 aromatic heterocycles. The van der Waals surface area contributed by atoms with Crippen molar-refractivity contribution < 1.29 is 14.3 Å². The Bertz CT molecular complexity index is 2110. The summed E-state index contributed by atoms with van der Waals surface area (Å²) < 4.78 is 5.04. The van der Waals surface area contributed by atoms with Crippen molar-refractivity contribution >= 4 is 56.0 Å². The van der Waals surface area contributed by atoms with Gasteiger partial charge in [-0.05, 0) is 75.3 Å². The number of hydrogen-bond donors (Lipinski definition) is 1. The quantitative estimate of drug-likeness (QED) is 0.117. The maximum Gasteiger partial charge on any atom is 0.408 e. The third kappa shape index (κ3) is 6.51. The van der Waals surface area contributed by atoms with Gasteiger partial charge in [0.05, 0.1) is 4.75 Å². The van der Waals surface area contributed by atoms with Crippen molar-refractivity contribution in [2.24, 2.45) is 0 Å². The van der Waals surface area contributed by atoms with Crippen LogP contribution < -0.4 is 5.32 Å². The molecule has 0 aliphatic rings. The number of rotatable bonds is 10. The number of nitrogens with one attached hydrogen (secondary N) is 1. The van der Waals surface area contributed by atoms with Crippen LogP contribution in [0, 0.1) is 0 Å². The molecular formula is C44H39NO3S. The van der Waals surface area contributed by atoms with Gasteiger partial charge in [0.15, 0.2) is 5.78 Å². The lowest BCUT2D eigenvalue weighted by Crippen LogP contribution is -2.46. The number of carbonyl (C=O) groups excluding carboxylic acids is 2. The molecule has 0 heterocycles. The predicted octanol–water partition coefficient (Wildman–Crippen LogP) is 10.3. The van der Waals surface area contributed by atoms with Gasteiger partial charge in [-0.2, -0.15) is 0 Å². The van der Waals surface area contributed by atoms with Crippen molar-refractivity contribution in [1.29, 1.82) is 0 Å². The first kappa shape index (κ1) is 32.4. The molecule has 0 spiro atoms. The van der Waals surface area contributed by atoms with Gasteiger partial charge < -0.3 is 10.1 Å². The van der Waals surface area contributed by atoms with Crippen LogP contribution in [0.15, 0.2) is 146 Å². The molecule has 0 saturated carbocycles. The summed E-state index contributed by atoms with van der Waals surface area (Å²) >= 11 is 1.65. The second kappa shape index (κ2) is 13.4. The number of thioether (sulfide) groups is 1. The van der Waals surface area contributed by atoms with E-state index in [1.54, 1.807) is 11.8 Å². The van der Waals surface area contributed by atoms with E-state index >= 15 is 0 Å². The van der Waals surface area contributed by atoms with Gasteiger partial charge in [0.1, 0.15) is 11.6 Å². The number of Topliss-reactive ketones (excluding diaryl/α,β-unsaturated/α-hetero) is 1. The van der Waals surface area contributed by atoms with Gasteiger partial charge in [0, 0.05) is 12.2 Å². The molecule has 1 atom stereocenters. The van der Waals surface area contributed by atoms with E-state index in [0.29, 0.717) is 5.75 Å². The minimum atomic E-state index is -0.811. The maximum absolute atomic E-state index is 14.5. The average Bonchev–Trinajstić information content (AvgIpc) is 3.11. The van der Waals surface area contributed by atoms with E-state index in [1.165, 1.54) is 21.5 Å². The summed E-state index contributed by atoms with van der Waals surface area (Å²) in [5.41, 5.74) is 3.50. The first-order chi connectivity index (χ1) is 23.7. The lowest BCUT2D eigenvalue weighted by atomic mass is 9.84. The zero-order valence-electron chi connectivity index (χ0n) is 28.0. The molecule has 4 nitrogen and oxygen atoms in total. The number of ketones is 1. The van der Waals surface area contributed by atoms with Crippen LogP contribution in [0.1, 0.15) is 43.0 Å². The largest absolute Gasteiger partial charge is 0.444 e. The highest BCUT2D eigenvalue weighted by atomic mass is 32.2. The number of alkyl carbamates (subject to hydrolysis) is 1. The Labute approximate surface area is 291 Å². The minimum Gasteiger partial charge on any atom is -0.444 e. The summed E-state index contributed by atoms with van der Waals surface area (Å²) in [6, 6.07) is 49.4. The molecule has 0 fully saturated rings. The third-order valence-corrected chi connectivity index (χ3v) is 10.7. The molecule has 1 amide bonds. The van der Waals surface area contributed by atoms with Crippen molar-refractivity contribution in [3.63, 3.8) is 0 Å². The van der Waals surface area contributed by atoms with E-state index in [0.717, 1.165) is 33.0 Å². The van der Waals surface area contributed by atoms with E-state index in [9.17, 15) is 9.59 Å². The standard InChI is InChI=1S/C44H39NO3S/c1-43(2,3)48-42(47)45-38(39(46)28-33-25-24-32-23-22-30-14-13-15-31-26-27-37(33)41(32)40(30)31)29-49-44(34-16-7-4-8-17-34,35-18-9-5-10-19-35)36-20-11-6-12-21-36/h4-27,38H,28-29H2,1-3H3,(H,45,47)/t38-/m0/s1. The molecule has 7 rings (SSSR count). The summed E-state index contributed by atoms with van der Waals surface area (Å²) in [4.78, 5) is 27.8. The molecule has 0 saturated heterocycles. The minimum absolute atomic E-state index is 0.0727. The third-order valence-electron chi connectivity index (χ3n) is 9.07. The smallest absolute Gasteiger partial charge is 0.408 e. The number of hydrogen-bond acceptors (Lipinski definition) is 4. The van der Waals surface area contributed by atoms with Gasteiger partial charge in [-0.15, -0.1) is 11.8 Å². The molecule has 0 unspecified atom stereocenters. The summed E-state index contributed by atoms with van der Waals surface area (Å²) in [6.07, 6.45) is -0.434. The summed E-state index contributed by atoms with van der Waals surface area (Å²) in [5.74, 6) is 0.249. The SMILES string of the molecule is CC(C)(C)OC(=O)N[C@@H](CSC(c1ccccc1)(c1ccccc1)c1ccccc1)C(=O)Cc1ccc2ccc3cccc4ccc1c2c34. The monoisotopic (exact) mass is 661 g/mol. The van der Waals surface area contributed by atoms with Gasteiger partial charge >= 0.3 is 6.09 Å². The van der Waals surface area contributed by atoms with Crippen molar-refractivity contribution in [2.75, 3.05) is 5.75 Å². The Morgan fingerprint density at radius 1 is 0.612 bits per heavy atom. The summed E-state index contributed by atoms with van der Waals surface area (Å²) in [5, 5.41) is 9.94. The van der Waals surface area contributed by atoms with Crippen LogP contribution in [0.5, 0.6) is 0 Å². The van der Waals surface area contributed by atoms with E-state index < -0.39 is 22.5 Å². The van der Waals surface area contributed by atoms with Crippen molar-refractivity contribution in [2.45, 2.75) is 43.6 Å². The molecule has 244 valence electrons. The molecule has 0 aliphatic heterocycles. The Balaban J connectivity index is 1.29. The molecule has 7 aromatic rings. The fraction of sp³-hybridized carbons (Fsp3) is 0.182. The molecule has 7 aromatic carbocycles. The summed E-state index contributed by atoms with van der Waals surface area (Å²) in [6.45, 7) is 5.48. The van der Waals surface area contributed by atoms with Crippen LogP contribution in [-0.2, 0) is 20.7 Å². The lowest BCUT2D eigenvalue weighted by molar-refractivity contribution is -0.119. The molecule has 0 aliphatic carbocycles. The van der Waals surface area contributed by atoms with Gasteiger partial charge in [-0.3, -0.25) is 4.79 Å². The zero-order valence-corrected chi connectivity index (χ0v) is 28.8. The fourth-order valence-electron chi connectivity index (χ4n) is 6.90. The number of ether oxygens (including phenoxy) is 1. The molecule has 5 heteroatoms. The number of carbonyl (C=O) groups is 2. The highest BCUT2D eigenvalue weighted by Crippen LogP contribution is 2.48. The normalized spacial score (nSPS) is 12.7. The molecular weight excluding hydrogens is 623 g/mol. The van der Waals surface area contributed by atoms with Gasteiger partial charge in [0.25, 0.3) is 0 Å². The van der Waals surface area contributed by atoms with E-state index in [4.69, 9.17) is 4.74 Å². The molecule has 49 heavy (non-hydrogen) atoms. The van der Waals surface area contributed by atoms with Crippen molar-refractivity contribution in [3.8, 4) is 0 Å². The van der Waals surface area contributed by atoms with Crippen LogP contribution in [0.3, 0.4) is 0 Å². The first-order valence-corrected chi connectivity index (χ1v) is 17.7. The highest BCUT2D eigenvalue weighted by molar-refractivity contribution is 8.00. The van der Waals surface area contributed by atoms with Crippen molar-refractivity contribution in [1.82, 2.24) is 5.32 Å². The Hall–Kier alpha value is -5.13. The second-order valence-electron chi connectivity index (χ2n) is 13.5. The van der Waals surface area contributed by atoms with E-state index in [1.807, 2.05) is 75.4 Å². The topological polar surface area (TPSA) is 55.4 Å². The Kier molecular flexibility index (Phi) is 8.87. The van der Waals surface area contributed by atoms with Gasteiger partial charge in [0.2, 0.25) is 0 Å². The van der Waals surface area contributed by atoms with Crippen LogP contribution in [-0.4, -0.2) is 29.3 Å². The second-order valence-corrected chi connectivity index (χ2v) is 14.7. The van der Waals surface area contributed by atoms with Crippen LogP contribution in [0.25, 0.3) is 32.3 Å². The lowest BCUT2D eigenvalue weighted by Gasteiger charge is -2.36. The average molecular weight is 662 g/mol. The van der Waals surface area contributed by atoms with Gasteiger partial charge in [-0.25, -0.2) is 4.79 Å². The van der Waals surface area contributed by atoms with Gasteiger partial charge in [-0.1, -0.05) is 146 Å². The highest BCUT2D eigenvalue weighted by Gasteiger charge is 2.39. The number of benzene rings is 7. The maximum atomic E-state index is 14.5. The van der Waals surface area contributed by atoms with Crippen LogP contribution >= 0.6 is 11.8 Å². The fourth-order valence-corrected chi connectivity index (χ4v) is 8.50. The molecule has 1 N–H and O–H groups in total. The first-order valence-electron chi connectivity index (χ1n) is 16.7. The van der Waals surface area contributed by atoms with Crippen LogP contribution in [0.4, 0.5) is 4.79 Å². The van der Waals surface area contributed by atoms with E-state index in [2.05, 4.69) is 96.3 Å². The number of amides is 1.